The maximum Gasteiger partial charge on any atom is 0.329 e. The van der Waals surface area contributed by atoms with Crippen molar-refractivity contribution in [2.75, 3.05) is 5.32 Å². The van der Waals surface area contributed by atoms with Crippen LogP contribution in [0.25, 0.3) is 0 Å². The Labute approximate surface area is 135 Å². The fourth-order valence-corrected chi connectivity index (χ4v) is 1.88. The van der Waals surface area contributed by atoms with Crippen LogP contribution in [0.3, 0.4) is 0 Å². The number of carbonyl (C=O) groups excluding carboxylic acids is 2. The molecule has 0 atom stereocenters. The van der Waals surface area contributed by atoms with E-state index in [4.69, 9.17) is 0 Å². The first-order valence-corrected chi connectivity index (χ1v) is 7.38. The summed E-state index contributed by atoms with van der Waals surface area (Å²) in [4.78, 5) is 23.4. The molecule has 0 aromatic heterocycles. The summed E-state index contributed by atoms with van der Waals surface area (Å²) in [6.07, 6.45) is 2.46. The van der Waals surface area contributed by atoms with Crippen LogP contribution in [-0.2, 0) is 16.0 Å². The van der Waals surface area contributed by atoms with E-state index in [0.29, 0.717) is 5.69 Å². The number of carbonyl (C=O) groups is 2. The van der Waals surface area contributed by atoms with Crippen molar-refractivity contribution in [3.05, 3.63) is 65.2 Å². The summed E-state index contributed by atoms with van der Waals surface area (Å²) >= 11 is 0. The molecule has 0 heterocycles. The number of hydrogen-bond donors (Lipinski definition) is 2. The molecule has 2 N–H and O–H groups in total. The third-order valence-electron chi connectivity index (χ3n) is 3.28. The minimum atomic E-state index is -0.813. The Hall–Kier alpha value is -2.95. The van der Waals surface area contributed by atoms with E-state index in [1.165, 1.54) is 11.8 Å². The number of nitrogens with zero attached hydrogens (tertiary/aromatic N) is 1. The highest BCUT2D eigenvalue weighted by Crippen LogP contribution is 2.08. The second kappa shape index (κ2) is 7.89. The lowest BCUT2D eigenvalue weighted by Crippen LogP contribution is -2.32. The SMILES string of the molecule is CCc1ccc(C=NNC(=O)C(=O)Nc2ccc(C)cc2)cc1. The zero-order valence-corrected chi connectivity index (χ0v) is 13.2. The highest BCUT2D eigenvalue weighted by molar-refractivity contribution is 6.39. The lowest BCUT2D eigenvalue weighted by atomic mass is 10.1. The number of benzene rings is 2. The van der Waals surface area contributed by atoms with E-state index in [-0.39, 0.29) is 0 Å². The molecule has 0 spiro atoms. The Morgan fingerprint density at radius 1 is 1.00 bits per heavy atom. The average Bonchev–Trinajstić information content (AvgIpc) is 2.57. The van der Waals surface area contributed by atoms with Gasteiger partial charge in [-0.25, -0.2) is 5.43 Å². The molecule has 23 heavy (non-hydrogen) atoms. The van der Waals surface area contributed by atoms with Gasteiger partial charge in [0.15, 0.2) is 0 Å². The van der Waals surface area contributed by atoms with Crippen molar-refractivity contribution < 1.29 is 9.59 Å². The lowest BCUT2D eigenvalue weighted by Gasteiger charge is -2.04. The molecule has 118 valence electrons. The largest absolute Gasteiger partial charge is 0.329 e. The Morgan fingerprint density at radius 3 is 2.26 bits per heavy atom. The van der Waals surface area contributed by atoms with E-state index in [9.17, 15) is 9.59 Å². The summed E-state index contributed by atoms with van der Waals surface area (Å²) in [5.74, 6) is -1.57. The summed E-state index contributed by atoms with van der Waals surface area (Å²) in [5.41, 5.74) is 5.92. The monoisotopic (exact) mass is 309 g/mol. The lowest BCUT2D eigenvalue weighted by molar-refractivity contribution is -0.136. The molecule has 0 bridgehead atoms. The maximum absolute atomic E-state index is 11.7. The molecule has 0 radical (unpaired) electrons. The van der Waals surface area contributed by atoms with Gasteiger partial charge in [0.1, 0.15) is 0 Å². The molecular weight excluding hydrogens is 290 g/mol. The Bertz CT molecular complexity index is 704. The third kappa shape index (κ3) is 5.07. The normalized spacial score (nSPS) is 10.5. The van der Waals surface area contributed by atoms with Crippen LogP contribution in [0.15, 0.2) is 53.6 Å². The number of amides is 2. The van der Waals surface area contributed by atoms with Gasteiger partial charge in [-0.1, -0.05) is 48.9 Å². The first kappa shape index (κ1) is 16.4. The van der Waals surface area contributed by atoms with Gasteiger partial charge in [-0.15, -0.1) is 0 Å². The van der Waals surface area contributed by atoms with Gasteiger partial charge in [0, 0.05) is 5.69 Å². The molecule has 5 nitrogen and oxygen atoms in total. The fraction of sp³-hybridized carbons (Fsp3) is 0.167. The topological polar surface area (TPSA) is 70.6 Å². The molecule has 2 aromatic carbocycles. The predicted molar refractivity (Wildman–Crippen MR) is 91.4 cm³/mol. The molecule has 0 fully saturated rings. The zero-order chi connectivity index (χ0) is 16.7. The number of aryl methyl sites for hydroxylation is 2. The molecule has 0 aliphatic heterocycles. The quantitative estimate of drug-likeness (QED) is 0.518. The molecule has 0 saturated carbocycles. The van der Waals surface area contributed by atoms with Gasteiger partial charge in [-0.05, 0) is 36.6 Å². The van der Waals surface area contributed by atoms with E-state index in [1.54, 1.807) is 12.1 Å². The van der Waals surface area contributed by atoms with Crippen molar-refractivity contribution in [1.82, 2.24) is 5.43 Å². The summed E-state index contributed by atoms with van der Waals surface area (Å²) in [6.45, 7) is 4.02. The molecule has 0 aliphatic carbocycles. The number of rotatable bonds is 4. The van der Waals surface area contributed by atoms with Crippen molar-refractivity contribution in [3.8, 4) is 0 Å². The predicted octanol–water partition coefficient (Wildman–Crippen LogP) is 2.65. The van der Waals surface area contributed by atoms with Gasteiger partial charge in [-0.2, -0.15) is 5.10 Å². The van der Waals surface area contributed by atoms with Crippen molar-refractivity contribution in [3.63, 3.8) is 0 Å². The van der Waals surface area contributed by atoms with Gasteiger partial charge in [0.05, 0.1) is 6.21 Å². The maximum atomic E-state index is 11.7. The van der Waals surface area contributed by atoms with Crippen molar-refractivity contribution in [2.24, 2.45) is 5.10 Å². The Morgan fingerprint density at radius 2 is 1.65 bits per heavy atom. The second-order valence-electron chi connectivity index (χ2n) is 5.11. The van der Waals surface area contributed by atoms with E-state index in [1.807, 2.05) is 43.3 Å². The van der Waals surface area contributed by atoms with Gasteiger partial charge in [0.2, 0.25) is 0 Å². The second-order valence-corrected chi connectivity index (χ2v) is 5.11. The summed E-state index contributed by atoms with van der Waals surface area (Å²) in [7, 11) is 0. The van der Waals surface area contributed by atoms with Gasteiger partial charge in [-0.3, -0.25) is 9.59 Å². The van der Waals surface area contributed by atoms with E-state index in [0.717, 1.165) is 17.5 Å². The summed E-state index contributed by atoms with van der Waals surface area (Å²) in [5, 5.41) is 6.30. The van der Waals surface area contributed by atoms with Crippen molar-refractivity contribution in [2.45, 2.75) is 20.3 Å². The minimum Gasteiger partial charge on any atom is -0.318 e. The molecule has 2 rings (SSSR count). The summed E-state index contributed by atoms with van der Waals surface area (Å²) < 4.78 is 0. The smallest absolute Gasteiger partial charge is 0.318 e. The van der Waals surface area contributed by atoms with Crippen molar-refractivity contribution in [1.29, 1.82) is 0 Å². The Balaban J connectivity index is 1.86. The Kier molecular flexibility index (Phi) is 5.63. The van der Waals surface area contributed by atoms with Crippen LogP contribution >= 0.6 is 0 Å². The molecule has 2 amide bonds. The molecule has 5 heteroatoms. The van der Waals surface area contributed by atoms with E-state index in [2.05, 4.69) is 22.8 Å². The highest BCUT2D eigenvalue weighted by atomic mass is 16.2. The fourth-order valence-electron chi connectivity index (χ4n) is 1.88. The third-order valence-corrected chi connectivity index (χ3v) is 3.28. The van der Waals surface area contributed by atoms with Gasteiger partial charge < -0.3 is 5.32 Å². The van der Waals surface area contributed by atoms with Crippen LogP contribution < -0.4 is 10.7 Å². The highest BCUT2D eigenvalue weighted by Gasteiger charge is 2.12. The van der Waals surface area contributed by atoms with Crippen LogP contribution in [-0.4, -0.2) is 18.0 Å². The zero-order valence-electron chi connectivity index (χ0n) is 13.2. The average molecular weight is 309 g/mol. The summed E-state index contributed by atoms with van der Waals surface area (Å²) in [6, 6.07) is 15.0. The number of nitrogens with one attached hydrogen (secondary N) is 2. The van der Waals surface area contributed by atoms with Crippen LogP contribution in [0.5, 0.6) is 0 Å². The van der Waals surface area contributed by atoms with Crippen LogP contribution in [0.4, 0.5) is 5.69 Å². The van der Waals surface area contributed by atoms with Gasteiger partial charge in [0.25, 0.3) is 0 Å². The first-order chi connectivity index (χ1) is 11.1. The molecule has 0 saturated heterocycles. The molecule has 0 aliphatic rings. The van der Waals surface area contributed by atoms with Crippen molar-refractivity contribution >= 4 is 23.7 Å². The molecule has 0 unspecified atom stereocenters. The van der Waals surface area contributed by atoms with E-state index >= 15 is 0 Å². The number of hydrogen-bond acceptors (Lipinski definition) is 3. The van der Waals surface area contributed by atoms with Crippen LogP contribution in [0.1, 0.15) is 23.6 Å². The number of hydrazone groups is 1. The van der Waals surface area contributed by atoms with Gasteiger partial charge >= 0.3 is 11.8 Å². The minimum absolute atomic E-state index is 0.565. The first-order valence-electron chi connectivity index (χ1n) is 7.38. The molecule has 2 aromatic rings. The molecular formula is C18H19N3O2. The standard InChI is InChI=1S/C18H19N3O2/c1-3-14-6-8-15(9-7-14)12-19-21-18(23)17(22)20-16-10-4-13(2)5-11-16/h4-12H,3H2,1-2H3,(H,20,22)(H,21,23). The number of anilines is 1. The van der Waals surface area contributed by atoms with Crippen LogP contribution in [0, 0.1) is 6.92 Å². The van der Waals surface area contributed by atoms with E-state index < -0.39 is 11.8 Å². The van der Waals surface area contributed by atoms with Crippen LogP contribution in [0.2, 0.25) is 0 Å².